The summed E-state index contributed by atoms with van der Waals surface area (Å²) < 4.78 is 36.6. The maximum atomic E-state index is 14.0. The van der Waals surface area contributed by atoms with Crippen LogP contribution in [0.4, 0.5) is 14.9 Å². The molecular formula is C32H36FNO5. The molecule has 0 atom stereocenters. The van der Waals surface area contributed by atoms with Gasteiger partial charge in [-0.3, -0.25) is 0 Å². The number of allylic oxidation sites excluding steroid dienone is 1. The number of halogens is 1. The van der Waals surface area contributed by atoms with E-state index in [0.29, 0.717) is 17.2 Å². The number of methoxy groups -OCH3 is 1. The Morgan fingerprint density at radius 2 is 1.69 bits per heavy atom. The van der Waals surface area contributed by atoms with Gasteiger partial charge in [0.05, 0.1) is 12.6 Å². The van der Waals surface area contributed by atoms with Gasteiger partial charge in [-0.05, 0) is 89.4 Å². The van der Waals surface area contributed by atoms with E-state index in [9.17, 15) is 9.18 Å². The second-order valence-corrected chi connectivity index (χ2v) is 11.3. The zero-order valence-electron chi connectivity index (χ0n) is 23.8. The maximum Gasteiger partial charge on any atom is 0.514 e. The first-order valence-electron chi connectivity index (χ1n) is 12.9. The average molecular weight is 534 g/mol. The molecule has 0 aliphatic carbocycles. The summed E-state index contributed by atoms with van der Waals surface area (Å²) >= 11 is 0. The van der Waals surface area contributed by atoms with Gasteiger partial charge >= 0.3 is 6.16 Å². The van der Waals surface area contributed by atoms with Gasteiger partial charge < -0.3 is 24.3 Å². The highest BCUT2D eigenvalue weighted by Gasteiger charge is 2.27. The number of carbonyl (C=O) groups excluding carboxylic acids is 1. The summed E-state index contributed by atoms with van der Waals surface area (Å²) in [5.74, 6) is 0.949. The molecule has 0 amide bonds. The van der Waals surface area contributed by atoms with Gasteiger partial charge in [0, 0.05) is 34.5 Å². The monoisotopic (exact) mass is 533 g/mol. The molecule has 6 nitrogen and oxygen atoms in total. The van der Waals surface area contributed by atoms with Crippen molar-refractivity contribution < 1.29 is 28.1 Å². The molecule has 0 saturated heterocycles. The van der Waals surface area contributed by atoms with E-state index < -0.39 is 11.8 Å². The predicted octanol–water partition coefficient (Wildman–Crippen LogP) is 8.31. The molecule has 1 heterocycles. The Morgan fingerprint density at radius 1 is 0.974 bits per heavy atom. The smallest absolute Gasteiger partial charge is 0.496 e. The standard InChI is InChI=1S/C32H36FNO5/c1-19-9-10-21(33)15-27(19)37-18-25-23(13-14-26-29(25)20(2)17-32(6,7)34-26)24-12-11-22(16-28(24)36-8)38-30(35)39-31(3,4)5/h9-17,34H,18H2,1-8H3. The molecular weight excluding hydrogens is 497 g/mol. The van der Waals surface area contributed by atoms with Crippen molar-refractivity contribution in [2.45, 2.75) is 66.2 Å². The Kier molecular flexibility index (Phi) is 7.64. The second kappa shape index (κ2) is 10.6. The van der Waals surface area contributed by atoms with Crippen LogP contribution in [0.25, 0.3) is 16.7 Å². The maximum absolute atomic E-state index is 14.0. The molecule has 4 rings (SSSR count). The number of ether oxygens (including phenoxy) is 4. The minimum absolute atomic E-state index is 0.204. The molecule has 0 aromatic heterocycles. The third-order valence-corrected chi connectivity index (χ3v) is 6.32. The minimum Gasteiger partial charge on any atom is -0.496 e. The summed E-state index contributed by atoms with van der Waals surface area (Å²) in [4.78, 5) is 12.2. The van der Waals surface area contributed by atoms with Crippen LogP contribution in [0.3, 0.4) is 0 Å². The molecule has 0 spiro atoms. The topological polar surface area (TPSA) is 66.0 Å². The Hall–Kier alpha value is -4.00. The van der Waals surface area contributed by atoms with Crippen LogP contribution in [-0.4, -0.2) is 24.4 Å². The molecule has 7 heteroatoms. The van der Waals surface area contributed by atoms with E-state index in [4.69, 9.17) is 18.9 Å². The van der Waals surface area contributed by atoms with Crippen LogP contribution in [0.1, 0.15) is 58.2 Å². The van der Waals surface area contributed by atoms with Gasteiger partial charge in [0.2, 0.25) is 0 Å². The highest BCUT2D eigenvalue weighted by molar-refractivity contribution is 5.88. The predicted molar refractivity (Wildman–Crippen MR) is 152 cm³/mol. The Balaban J connectivity index is 1.78. The van der Waals surface area contributed by atoms with E-state index in [2.05, 4.69) is 32.2 Å². The molecule has 1 aliphatic rings. The van der Waals surface area contributed by atoms with E-state index in [1.165, 1.54) is 12.1 Å². The lowest BCUT2D eigenvalue weighted by Crippen LogP contribution is -2.32. The van der Waals surface area contributed by atoms with Gasteiger partial charge in [-0.15, -0.1) is 0 Å². The largest absolute Gasteiger partial charge is 0.514 e. The van der Waals surface area contributed by atoms with E-state index in [1.54, 1.807) is 46.1 Å². The normalized spacial score (nSPS) is 14.0. The van der Waals surface area contributed by atoms with Crippen molar-refractivity contribution in [2.75, 3.05) is 12.4 Å². The first-order chi connectivity index (χ1) is 18.3. The molecule has 0 fully saturated rings. The zero-order chi connectivity index (χ0) is 28.5. The van der Waals surface area contributed by atoms with Crippen LogP contribution in [0.15, 0.2) is 54.6 Å². The van der Waals surface area contributed by atoms with Gasteiger partial charge in [-0.2, -0.15) is 0 Å². The fourth-order valence-electron chi connectivity index (χ4n) is 4.81. The number of carbonyl (C=O) groups is 1. The fraction of sp³-hybridized carbons (Fsp3) is 0.344. The molecule has 1 N–H and O–H groups in total. The van der Waals surface area contributed by atoms with E-state index in [-0.39, 0.29) is 18.0 Å². The summed E-state index contributed by atoms with van der Waals surface area (Å²) in [6.07, 6.45) is 1.39. The van der Waals surface area contributed by atoms with Crippen molar-refractivity contribution in [2.24, 2.45) is 0 Å². The van der Waals surface area contributed by atoms with Crippen LogP contribution < -0.4 is 19.5 Å². The van der Waals surface area contributed by atoms with E-state index >= 15 is 0 Å². The molecule has 0 saturated carbocycles. The van der Waals surface area contributed by atoms with Gasteiger partial charge in [-0.25, -0.2) is 9.18 Å². The zero-order valence-corrected chi connectivity index (χ0v) is 23.8. The highest BCUT2D eigenvalue weighted by atomic mass is 19.1. The van der Waals surface area contributed by atoms with Gasteiger partial charge in [0.1, 0.15) is 35.3 Å². The molecule has 0 bridgehead atoms. The number of fused-ring (bicyclic) bond motifs is 1. The van der Waals surface area contributed by atoms with E-state index in [1.807, 2.05) is 25.1 Å². The number of nitrogens with one attached hydrogen (secondary N) is 1. The van der Waals surface area contributed by atoms with Crippen molar-refractivity contribution in [1.29, 1.82) is 0 Å². The molecule has 39 heavy (non-hydrogen) atoms. The lowest BCUT2D eigenvalue weighted by atomic mass is 9.85. The lowest BCUT2D eigenvalue weighted by Gasteiger charge is -2.33. The van der Waals surface area contributed by atoms with Crippen LogP contribution in [0.5, 0.6) is 17.2 Å². The van der Waals surface area contributed by atoms with Gasteiger partial charge in [0.15, 0.2) is 0 Å². The van der Waals surface area contributed by atoms with Crippen molar-refractivity contribution in [1.82, 2.24) is 0 Å². The summed E-state index contributed by atoms with van der Waals surface area (Å²) in [7, 11) is 1.57. The molecule has 1 aliphatic heterocycles. The van der Waals surface area contributed by atoms with Crippen molar-refractivity contribution in [3.8, 4) is 28.4 Å². The average Bonchev–Trinajstić information content (AvgIpc) is 2.82. The van der Waals surface area contributed by atoms with Crippen LogP contribution in [0, 0.1) is 12.7 Å². The molecule has 3 aromatic rings. The van der Waals surface area contributed by atoms with Crippen molar-refractivity contribution in [3.63, 3.8) is 0 Å². The Morgan fingerprint density at radius 3 is 2.38 bits per heavy atom. The Bertz CT molecular complexity index is 1440. The molecule has 0 radical (unpaired) electrons. The SMILES string of the molecule is COc1cc(OC(=O)OC(C)(C)C)ccc1-c1ccc2c(c1COc1cc(F)ccc1C)C(C)=CC(C)(C)N2. The first-order valence-corrected chi connectivity index (χ1v) is 12.9. The van der Waals surface area contributed by atoms with E-state index in [0.717, 1.165) is 39.1 Å². The summed E-state index contributed by atoms with van der Waals surface area (Å²) in [6, 6.07) is 13.8. The van der Waals surface area contributed by atoms with Crippen LogP contribution in [-0.2, 0) is 11.3 Å². The summed E-state index contributed by atoms with van der Waals surface area (Å²) in [5.41, 5.74) is 5.68. The lowest BCUT2D eigenvalue weighted by molar-refractivity contribution is 0.0206. The highest BCUT2D eigenvalue weighted by Crippen LogP contribution is 2.43. The van der Waals surface area contributed by atoms with Gasteiger partial charge in [0.25, 0.3) is 0 Å². The second-order valence-electron chi connectivity index (χ2n) is 11.3. The first kappa shape index (κ1) is 28.0. The molecule has 206 valence electrons. The Labute approximate surface area is 229 Å². The summed E-state index contributed by atoms with van der Waals surface area (Å²) in [6.45, 7) is 13.7. The van der Waals surface area contributed by atoms with Crippen molar-refractivity contribution >= 4 is 17.4 Å². The van der Waals surface area contributed by atoms with Crippen LogP contribution >= 0.6 is 0 Å². The fourth-order valence-corrected chi connectivity index (χ4v) is 4.81. The summed E-state index contributed by atoms with van der Waals surface area (Å²) in [5, 5.41) is 3.59. The van der Waals surface area contributed by atoms with Crippen molar-refractivity contribution in [3.05, 3.63) is 77.1 Å². The quantitative estimate of drug-likeness (QED) is 0.254. The van der Waals surface area contributed by atoms with Crippen LogP contribution in [0.2, 0.25) is 0 Å². The number of aryl methyl sites for hydroxylation is 1. The number of benzene rings is 3. The third kappa shape index (κ3) is 6.53. The number of hydrogen-bond acceptors (Lipinski definition) is 6. The van der Waals surface area contributed by atoms with Gasteiger partial charge in [-0.1, -0.05) is 18.2 Å². The molecule has 0 unspecified atom stereocenters. The number of rotatable bonds is 6. The number of hydrogen-bond donors (Lipinski definition) is 1. The third-order valence-electron chi connectivity index (χ3n) is 6.32. The molecule has 3 aromatic carbocycles. The number of anilines is 1. The minimum atomic E-state index is -0.792.